The van der Waals surface area contributed by atoms with Crippen LogP contribution in [0.5, 0.6) is 0 Å². The molecule has 0 aromatic rings. The summed E-state index contributed by atoms with van der Waals surface area (Å²) in [6.07, 6.45) is 5.77. The van der Waals surface area contributed by atoms with E-state index in [9.17, 15) is 43.5 Å². The molecule has 6 aliphatic rings. The van der Waals surface area contributed by atoms with E-state index >= 15 is 0 Å². The Balaban J connectivity index is 0.000000314. The lowest BCUT2D eigenvalue weighted by Crippen LogP contribution is -2.61. The summed E-state index contributed by atoms with van der Waals surface area (Å²) in [5.74, 6) is -2.29. The molecule has 3 unspecified atom stereocenters. The van der Waals surface area contributed by atoms with E-state index in [1.54, 1.807) is 30.6 Å². The number of fused-ring (bicyclic) bond motifs is 2. The highest BCUT2D eigenvalue weighted by Gasteiger charge is 2.71. The number of carbonyl (C=O) groups is 8. The van der Waals surface area contributed by atoms with E-state index in [1.807, 2.05) is 41.5 Å². The third-order valence-corrected chi connectivity index (χ3v) is 15.7. The molecule has 11 atom stereocenters. The van der Waals surface area contributed by atoms with E-state index in [4.69, 9.17) is 10.5 Å². The van der Waals surface area contributed by atoms with Gasteiger partial charge in [0.1, 0.15) is 23.7 Å². The Morgan fingerprint density at radius 3 is 1.60 bits per heavy atom. The number of ketones is 1. The summed E-state index contributed by atoms with van der Waals surface area (Å²) in [6, 6.07) is -4.76. The number of hydrogen-bond donors (Lipinski definition) is 7. The second kappa shape index (κ2) is 22.5. The maximum atomic E-state index is 14.0. The number of rotatable bonds is 19. The van der Waals surface area contributed by atoms with E-state index in [2.05, 4.69) is 67.4 Å². The van der Waals surface area contributed by atoms with E-state index < -0.39 is 82.5 Å². The van der Waals surface area contributed by atoms with Crippen molar-refractivity contribution in [3.8, 4) is 0 Å². The van der Waals surface area contributed by atoms with Gasteiger partial charge in [-0.1, -0.05) is 107 Å². The molecular weight excluding hydrogens is 944 g/mol. The number of halogens is 1. The summed E-state index contributed by atoms with van der Waals surface area (Å²) in [5, 5.41) is 24.4. The molecule has 406 valence electrons. The minimum absolute atomic E-state index is 0. The average Bonchev–Trinajstić information content (AvgIpc) is 4.24. The average molecular weight is 1030 g/mol. The number of aliphatic hydroxyl groups is 1. The first kappa shape index (κ1) is 60.0. The van der Waals surface area contributed by atoms with Crippen LogP contribution in [0.4, 0.5) is 4.79 Å². The van der Waals surface area contributed by atoms with E-state index in [1.165, 1.54) is 12.2 Å². The predicted octanol–water partition coefficient (Wildman–Crippen LogP) is 3.78. The number of nitrogens with one attached hydrogen (secondary N) is 5. The highest BCUT2D eigenvalue weighted by molar-refractivity contribution is 6.38. The summed E-state index contributed by atoms with van der Waals surface area (Å²) in [5.41, 5.74) is 4.24. The van der Waals surface area contributed by atoms with Crippen molar-refractivity contribution in [2.45, 2.75) is 176 Å². The quantitative estimate of drug-likeness (QED) is 0.0724. The van der Waals surface area contributed by atoms with Crippen molar-refractivity contribution in [1.82, 2.24) is 36.4 Å². The van der Waals surface area contributed by atoms with Gasteiger partial charge in [0.15, 0.2) is 6.10 Å². The highest BCUT2D eigenvalue weighted by Crippen LogP contribution is 2.66. The minimum Gasteiger partial charge on any atom is -0.444 e. The van der Waals surface area contributed by atoms with Crippen molar-refractivity contribution in [1.29, 1.82) is 0 Å². The monoisotopic (exact) mass is 1030 g/mol. The Morgan fingerprint density at radius 1 is 0.694 bits per heavy atom. The minimum atomic E-state index is -1.42. The smallest absolute Gasteiger partial charge is 0.408 e. The van der Waals surface area contributed by atoms with Gasteiger partial charge in [-0.15, -0.1) is 25.6 Å². The number of ether oxygens (including phenoxy) is 1. The van der Waals surface area contributed by atoms with E-state index in [-0.39, 0.29) is 83.6 Å². The number of likely N-dealkylation sites (tertiary alicyclic amines) is 2. The van der Waals surface area contributed by atoms with Gasteiger partial charge >= 0.3 is 6.09 Å². The van der Waals surface area contributed by atoms with Gasteiger partial charge < -0.3 is 52.0 Å². The molecule has 6 fully saturated rings. The second-order valence-electron chi connectivity index (χ2n) is 25.4. The first-order valence-electron chi connectivity index (χ1n) is 25.6. The second-order valence-corrected chi connectivity index (χ2v) is 25.4. The van der Waals surface area contributed by atoms with Crippen LogP contribution in [0.15, 0.2) is 25.3 Å². The molecule has 4 aliphatic carbocycles. The van der Waals surface area contributed by atoms with Crippen LogP contribution in [-0.4, -0.2) is 136 Å². The van der Waals surface area contributed by atoms with Crippen LogP contribution in [0.1, 0.15) is 129 Å². The first-order valence-corrected chi connectivity index (χ1v) is 25.6. The number of aliphatic hydroxyl groups excluding tert-OH is 1. The van der Waals surface area contributed by atoms with Gasteiger partial charge in [-0.05, 0) is 90.8 Å². The number of hydrogen-bond acceptors (Lipinski definition) is 11. The third-order valence-electron chi connectivity index (χ3n) is 15.7. The summed E-state index contributed by atoms with van der Waals surface area (Å²) in [4.78, 5) is 108. The van der Waals surface area contributed by atoms with Gasteiger partial charge in [0.2, 0.25) is 29.4 Å². The molecule has 0 radical (unpaired) electrons. The molecule has 2 heterocycles. The zero-order valence-electron chi connectivity index (χ0n) is 45.1. The number of amides is 7. The zero-order valence-corrected chi connectivity index (χ0v) is 46.0. The largest absolute Gasteiger partial charge is 0.444 e. The van der Waals surface area contributed by atoms with Crippen LogP contribution in [0.25, 0.3) is 0 Å². The SMILES string of the molecule is C=CCNC(=O)C(=O)C(CC1CC1)NC(=O)[C@@H]1[C@@H]2[C@H](CN1C(=O)[C@@H](N)C(C)(C)C)C2(C)C.C=CCNC(=O)C(O)C(CC1CC1)NC(=O)[C@@H]1[C@@H]2[C@H](CN1C(=O)[C@@H](NC(=O)OC(C)(C)C)C(C)(C)C)C2(C)C.Cl. The molecule has 0 aromatic carbocycles. The van der Waals surface area contributed by atoms with Gasteiger partial charge in [-0.25, -0.2) is 4.79 Å². The molecule has 0 spiro atoms. The molecule has 4 saturated carbocycles. The Hall–Kier alpha value is -4.55. The van der Waals surface area contributed by atoms with Crippen LogP contribution < -0.4 is 32.3 Å². The maximum Gasteiger partial charge on any atom is 0.408 e. The number of carbonyl (C=O) groups excluding carboxylic acids is 8. The van der Waals surface area contributed by atoms with Crippen LogP contribution in [-0.2, 0) is 38.3 Å². The van der Waals surface area contributed by atoms with Crippen molar-refractivity contribution in [3.05, 3.63) is 25.3 Å². The van der Waals surface area contributed by atoms with Crippen molar-refractivity contribution < 1.29 is 48.2 Å². The summed E-state index contributed by atoms with van der Waals surface area (Å²) in [7, 11) is 0. The van der Waals surface area contributed by atoms with E-state index in [0.29, 0.717) is 37.8 Å². The van der Waals surface area contributed by atoms with Gasteiger partial charge in [-0.3, -0.25) is 33.6 Å². The summed E-state index contributed by atoms with van der Waals surface area (Å²) >= 11 is 0. The molecule has 7 amide bonds. The van der Waals surface area contributed by atoms with Crippen LogP contribution >= 0.6 is 12.4 Å². The fourth-order valence-corrected chi connectivity index (χ4v) is 10.7. The zero-order chi connectivity index (χ0) is 53.5. The van der Waals surface area contributed by atoms with Crippen molar-refractivity contribution in [2.75, 3.05) is 26.2 Å². The van der Waals surface area contributed by atoms with Crippen LogP contribution in [0.2, 0.25) is 0 Å². The fraction of sp³-hybridized carbons (Fsp3) is 0.774. The summed E-state index contributed by atoms with van der Waals surface area (Å²) < 4.78 is 5.41. The first-order chi connectivity index (χ1) is 32.7. The fourth-order valence-electron chi connectivity index (χ4n) is 10.7. The molecule has 6 rings (SSSR count). The van der Waals surface area contributed by atoms with Crippen LogP contribution in [0, 0.1) is 57.2 Å². The lowest BCUT2D eigenvalue weighted by atomic mass is 9.85. The molecular formula is C53H87ClN8O10. The van der Waals surface area contributed by atoms with Crippen molar-refractivity contribution >= 4 is 59.7 Å². The summed E-state index contributed by atoms with van der Waals surface area (Å²) in [6.45, 7) is 33.3. The Bertz CT molecular complexity index is 2090. The molecule has 0 bridgehead atoms. The molecule has 0 aromatic heterocycles. The van der Waals surface area contributed by atoms with Gasteiger partial charge in [0.05, 0.1) is 18.1 Å². The van der Waals surface area contributed by atoms with Gasteiger partial charge in [0.25, 0.3) is 11.8 Å². The molecule has 19 heteroatoms. The lowest BCUT2D eigenvalue weighted by molar-refractivity contribution is -0.145. The highest BCUT2D eigenvalue weighted by atomic mass is 35.5. The van der Waals surface area contributed by atoms with Crippen LogP contribution in [0.3, 0.4) is 0 Å². The number of nitrogens with zero attached hydrogens (tertiary/aromatic N) is 2. The molecule has 18 nitrogen and oxygen atoms in total. The Labute approximate surface area is 433 Å². The van der Waals surface area contributed by atoms with Crippen molar-refractivity contribution in [2.24, 2.45) is 62.9 Å². The number of Topliss-reactive ketones (excluding diaryl/α,β-unsaturated/α-hetero) is 1. The number of piperidine rings is 2. The predicted molar refractivity (Wildman–Crippen MR) is 276 cm³/mol. The molecule has 2 saturated heterocycles. The third kappa shape index (κ3) is 14.2. The lowest BCUT2D eigenvalue weighted by Gasteiger charge is -2.38. The van der Waals surface area contributed by atoms with Gasteiger partial charge in [0, 0.05) is 26.2 Å². The normalized spacial score (nSPS) is 26.4. The molecule has 8 N–H and O–H groups in total. The Morgan fingerprint density at radius 2 is 1.15 bits per heavy atom. The van der Waals surface area contributed by atoms with E-state index in [0.717, 1.165) is 25.7 Å². The maximum absolute atomic E-state index is 14.0. The number of alkyl carbamates (subject to hydrolysis) is 1. The molecule has 72 heavy (non-hydrogen) atoms. The number of nitrogens with two attached hydrogens (primary N) is 1. The topological polar surface area (TPSA) is 259 Å². The molecule has 2 aliphatic heterocycles. The van der Waals surface area contributed by atoms with Crippen molar-refractivity contribution in [3.63, 3.8) is 0 Å². The standard InChI is InChI=1S/C29H48N4O6.C24H38N4O4.ClH/c1-10-13-30-24(36)21(34)18(14-16-11-12-16)31-23(35)20-19-17(29(19,8)9)15-33(20)25(37)22(27(2,3)4)32-26(38)39-28(5,6)7;1-7-10-26-21(31)18(29)15(11-13-8-9-13)27-20(30)17-16-14(24(16,5)6)12-28(17)22(32)19(25)23(2,3)4;/h10,16-22,34H,1,11-15H2,2-9H3,(H,30,36)(H,31,35)(H,32,38);7,13-17,19H,1,8-12,25H2,2-6H3,(H,26,31)(H,27,30);1H/t17-,18?,19-,20-,21?,22+;14-,15?,16-,17-,19+;/m00./s1. The van der Waals surface area contributed by atoms with Gasteiger partial charge in [-0.2, -0.15) is 0 Å². The Kier molecular flexibility index (Phi) is 18.8.